The number of aryl methyl sites for hydroxylation is 1. The molecule has 2 aromatic heterocycles. The normalized spacial score (nSPS) is 12.2. The molecule has 0 aliphatic carbocycles. The largest absolute Gasteiger partial charge is 0.454 e. The monoisotopic (exact) mass is 496 g/mol. The minimum Gasteiger partial charge on any atom is -0.454 e. The quantitative estimate of drug-likeness (QED) is 0.377. The van der Waals surface area contributed by atoms with Crippen LogP contribution in [-0.4, -0.2) is 43.0 Å². The zero-order valence-corrected chi connectivity index (χ0v) is 20.1. The summed E-state index contributed by atoms with van der Waals surface area (Å²) in [5, 5.41) is 17.6. The Hall–Kier alpha value is -3.50. The number of rotatable bonds is 7. The Morgan fingerprint density at radius 3 is 2.74 bits per heavy atom. The lowest BCUT2D eigenvalue weighted by Crippen LogP contribution is -2.14. The molecule has 0 fully saturated rings. The third-order valence-electron chi connectivity index (χ3n) is 5.21. The molecule has 0 bridgehead atoms. The van der Waals surface area contributed by atoms with Crippen LogP contribution in [0.3, 0.4) is 0 Å². The highest BCUT2D eigenvalue weighted by Crippen LogP contribution is 2.35. The third-order valence-corrected chi connectivity index (χ3v) is 6.43. The van der Waals surface area contributed by atoms with Gasteiger partial charge in [-0.25, -0.2) is 0 Å². The maximum atomic E-state index is 12.5. The van der Waals surface area contributed by atoms with Crippen LogP contribution in [0.25, 0.3) is 22.6 Å². The molecule has 9 nitrogen and oxygen atoms in total. The van der Waals surface area contributed by atoms with Crippen LogP contribution in [0.2, 0.25) is 5.02 Å². The molecule has 0 atom stereocenters. The number of fused-ring (bicyclic) bond motifs is 1. The maximum Gasteiger partial charge on any atom is 0.234 e. The fourth-order valence-corrected chi connectivity index (χ4v) is 4.58. The summed E-state index contributed by atoms with van der Waals surface area (Å²) in [5.41, 5.74) is 3.23. The van der Waals surface area contributed by atoms with Crippen molar-refractivity contribution in [2.24, 2.45) is 7.05 Å². The summed E-state index contributed by atoms with van der Waals surface area (Å²) in [7, 11) is 1.87. The van der Waals surface area contributed by atoms with E-state index in [1.165, 1.54) is 11.8 Å². The molecule has 0 saturated heterocycles. The van der Waals surface area contributed by atoms with Crippen molar-refractivity contribution in [2.75, 3.05) is 17.9 Å². The Morgan fingerprint density at radius 2 is 1.94 bits per heavy atom. The molecule has 1 aliphatic rings. The minimum atomic E-state index is -0.153. The highest BCUT2D eigenvalue weighted by molar-refractivity contribution is 7.99. The topological polar surface area (TPSA) is 96.1 Å². The van der Waals surface area contributed by atoms with Crippen LogP contribution in [0.15, 0.2) is 53.8 Å². The molecule has 5 rings (SSSR count). The number of nitrogens with one attached hydrogen (secondary N) is 1. The van der Waals surface area contributed by atoms with Crippen LogP contribution in [0.4, 0.5) is 5.69 Å². The van der Waals surface area contributed by atoms with Crippen molar-refractivity contribution >= 4 is 35.0 Å². The van der Waals surface area contributed by atoms with E-state index in [-0.39, 0.29) is 18.5 Å². The second-order valence-corrected chi connectivity index (χ2v) is 8.91. The number of benzene rings is 2. The number of anilines is 1. The van der Waals surface area contributed by atoms with Gasteiger partial charge in [0.25, 0.3) is 0 Å². The summed E-state index contributed by atoms with van der Waals surface area (Å²) in [6.45, 7) is 2.85. The van der Waals surface area contributed by atoms with E-state index < -0.39 is 0 Å². The Labute approximate surface area is 205 Å². The fraction of sp³-hybridized carbons (Fsp3) is 0.217. The van der Waals surface area contributed by atoms with Crippen LogP contribution >= 0.6 is 23.4 Å². The lowest BCUT2D eigenvalue weighted by molar-refractivity contribution is -0.113. The molecular formula is C23H21ClN6O3S. The second kappa shape index (κ2) is 9.40. The van der Waals surface area contributed by atoms with Gasteiger partial charge in [0.2, 0.25) is 12.7 Å². The number of halogens is 1. The number of thioether (sulfide) groups is 1. The van der Waals surface area contributed by atoms with Crippen LogP contribution in [0.5, 0.6) is 11.5 Å². The predicted molar refractivity (Wildman–Crippen MR) is 130 cm³/mol. The SMILES string of the molecule is CCn1c(SCC(=O)Nc2ccc3c(c2)OCO3)nnc1-c1cn(C)nc1-c1ccc(Cl)cc1. The van der Waals surface area contributed by atoms with E-state index in [0.717, 1.165) is 16.8 Å². The smallest absolute Gasteiger partial charge is 0.234 e. The summed E-state index contributed by atoms with van der Waals surface area (Å²) >= 11 is 7.38. The molecule has 0 spiro atoms. The van der Waals surface area contributed by atoms with Gasteiger partial charge in [0.15, 0.2) is 22.5 Å². The molecule has 11 heteroatoms. The van der Waals surface area contributed by atoms with Crippen molar-refractivity contribution in [3.05, 3.63) is 53.7 Å². The molecule has 0 radical (unpaired) electrons. The second-order valence-electron chi connectivity index (χ2n) is 7.53. The number of amides is 1. The van der Waals surface area contributed by atoms with Gasteiger partial charge in [0.05, 0.1) is 11.3 Å². The van der Waals surface area contributed by atoms with E-state index in [1.54, 1.807) is 22.9 Å². The van der Waals surface area contributed by atoms with E-state index in [9.17, 15) is 4.79 Å². The van der Waals surface area contributed by atoms with Crippen molar-refractivity contribution < 1.29 is 14.3 Å². The molecule has 174 valence electrons. The fourth-order valence-electron chi connectivity index (χ4n) is 3.65. The summed E-state index contributed by atoms with van der Waals surface area (Å²) in [6, 6.07) is 12.8. The maximum absolute atomic E-state index is 12.5. The summed E-state index contributed by atoms with van der Waals surface area (Å²) < 4.78 is 14.4. The van der Waals surface area contributed by atoms with E-state index >= 15 is 0 Å². The average Bonchev–Trinajstić information content (AvgIpc) is 3.55. The molecule has 0 unspecified atom stereocenters. The molecule has 2 aromatic carbocycles. The Balaban J connectivity index is 1.33. The summed E-state index contributed by atoms with van der Waals surface area (Å²) in [5.74, 6) is 2.01. The minimum absolute atomic E-state index is 0.153. The van der Waals surface area contributed by atoms with Gasteiger partial charge >= 0.3 is 0 Å². The third kappa shape index (κ3) is 4.46. The average molecular weight is 497 g/mol. The van der Waals surface area contributed by atoms with Crippen LogP contribution < -0.4 is 14.8 Å². The first-order chi connectivity index (χ1) is 16.5. The van der Waals surface area contributed by atoms with Crippen LogP contribution in [0, 0.1) is 0 Å². The number of carbonyl (C=O) groups is 1. The molecule has 1 aliphatic heterocycles. The Morgan fingerprint density at radius 1 is 1.15 bits per heavy atom. The first-order valence-electron chi connectivity index (χ1n) is 10.6. The number of nitrogens with zero attached hydrogens (tertiary/aromatic N) is 5. The van der Waals surface area contributed by atoms with Gasteiger partial charge in [0.1, 0.15) is 5.69 Å². The van der Waals surface area contributed by atoms with E-state index in [2.05, 4.69) is 20.6 Å². The van der Waals surface area contributed by atoms with Gasteiger partial charge < -0.3 is 19.4 Å². The van der Waals surface area contributed by atoms with Crippen LogP contribution in [-0.2, 0) is 18.4 Å². The molecule has 1 amide bonds. The van der Waals surface area contributed by atoms with Gasteiger partial charge in [-0.2, -0.15) is 5.10 Å². The lowest BCUT2D eigenvalue weighted by Gasteiger charge is -2.08. The zero-order valence-electron chi connectivity index (χ0n) is 18.5. The van der Waals surface area contributed by atoms with Crippen molar-refractivity contribution in [1.29, 1.82) is 0 Å². The molecule has 4 aromatic rings. The van der Waals surface area contributed by atoms with Gasteiger partial charge in [-0.1, -0.05) is 35.5 Å². The number of hydrogen-bond donors (Lipinski definition) is 1. The van der Waals surface area contributed by atoms with Crippen molar-refractivity contribution in [3.8, 4) is 34.1 Å². The van der Waals surface area contributed by atoms with E-state index in [0.29, 0.717) is 39.7 Å². The van der Waals surface area contributed by atoms with E-state index in [1.807, 2.05) is 49.0 Å². The molecule has 34 heavy (non-hydrogen) atoms. The number of hydrogen-bond acceptors (Lipinski definition) is 7. The number of carbonyl (C=O) groups excluding carboxylic acids is 1. The van der Waals surface area contributed by atoms with Crippen molar-refractivity contribution in [1.82, 2.24) is 24.5 Å². The predicted octanol–water partition coefficient (Wildman–Crippen LogP) is 4.48. The van der Waals surface area contributed by atoms with E-state index in [4.69, 9.17) is 21.1 Å². The summed E-state index contributed by atoms with van der Waals surface area (Å²) in [4.78, 5) is 12.5. The Bertz CT molecular complexity index is 1350. The van der Waals surface area contributed by atoms with Gasteiger partial charge in [0, 0.05) is 42.1 Å². The molecule has 1 N–H and O–H groups in total. The van der Waals surface area contributed by atoms with Crippen LogP contribution in [0.1, 0.15) is 6.92 Å². The summed E-state index contributed by atoms with van der Waals surface area (Å²) in [6.07, 6.45) is 1.92. The molecular weight excluding hydrogens is 476 g/mol. The van der Waals surface area contributed by atoms with Gasteiger partial charge in [-0.3, -0.25) is 9.48 Å². The molecule has 3 heterocycles. The van der Waals surface area contributed by atoms with Gasteiger partial charge in [-0.05, 0) is 31.2 Å². The number of aromatic nitrogens is 5. The Kier molecular flexibility index (Phi) is 6.16. The van der Waals surface area contributed by atoms with Crippen molar-refractivity contribution in [2.45, 2.75) is 18.6 Å². The lowest BCUT2D eigenvalue weighted by atomic mass is 10.1. The van der Waals surface area contributed by atoms with Crippen molar-refractivity contribution in [3.63, 3.8) is 0 Å². The zero-order chi connectivity index (χ0) is 23.7. The number of ether oxygens (including phenoxy) is 2. The highest BCUT2D eigenvalue weighted by atomic mass is 35.5. The van der Waals surface area contributed by atoms with Gasteiger partial charge in [-0.15, -0.1) is 10.2 Å². The highest BCUT2D eigenvalue weighted by Gasteiger charge is 2.21. The standard InChI is InChI=1S/C23H21ClN6O3S/c1-3-30-22(17-11-29(2)28-21(17)14-4-6-15(24)7-5-14)26-27-23(30)34-12-20(31)25-16-8-9-18-19(10-16)33-13-32-18/h4-11H,3,12-13H2,1-2H3,(H,25,31). The first kappa shape index (κ1) is 22.3. The molecule has 0 saturated carbocycles. The first-order valence-corrected chi connectivity index (χ1v) is 11.9.